The van der Waals surface area contributed by atoms with Gasteiger partial charge in [-0.3, -0.25) is 0 Å². The number of aromatic nitrogens is 3. The minimum atomic E-state index is -0.291. The molecule has 1 aromatic carbocycles. The van der Waals surface area contributed by atoms with Gasteiger partial charge >= 0.3 is 0 Å². The van der Waals surface area contributed by atoms with Gasteiger partial charge in [-0.25, -0.2) is 9.37 Å². The molecule has 0 fully saturated rings. The molecule has 2 heterocycles. The number of hydrogen-bond acceptors (Lipinski definition) is 2. The van der Waals surface area contributed by atoms with Gasteiger partial charge in [0, 0.05) is 16.1 Å². The second kappa shape index (κ2) is 5.13. The maximum absolute atomic E-state index is 12.9. The van der Waals surface area contributed by atoms with Crippen LogP contribution in [0.1, 0.15) is 5.56 Å². The van der Waals surface area contributed by atoms with Gasteiger partial charge in [0.1, 0.15) is 17.9 Å². The number of benzene rings is 1. The Labute approximate surface area is 122 Å². The lowest BCUT2D eigenvalue weighted by atomic mass is 10.2. The largest absolute Gasteiger partial charge is 0.283 e. The average molecular weight is 335 g/mol. The van der Waals surface area contributed by atoms with Crippen LogP contribution in [0.25, 0.3) is 10.9 Å². The van der Waals surface area contributed by atoms with Crippen LogP contribution in [0.15, 0.2) is 53.4 Å². The van der Waals surface area contributed by atoms with Crippen LogP contribution in [0.5, 0.6) is 0 Å². The van der Waals surface area contributed by atoms with Crippen molar-refractivity contribution in [2.45, 2.75) is 6.54 Å². The highest BCUT2D eigenvalue weighted by Crippen LogP contribution is 2.15. The first-order chi connectivity index (χ1) is 9.61. The molecule has 0 atom stereocenters. The molecule has 0 aliphatic carbocycles. The van der Waals surface area contributed by atoms with E-state index in [1.807, 2.05) is 6.07 Å². The molecule has 3 rings (SSSR count). The molecule has 0 aliphatic heterocycles. The summed E-state index contributed by atoms with van der Waals surface area (Å²) in [6.45, 7) is 0.367. The van der Waals surface area contributed by atoms with E-state index in [9.17, 15) is 9.30 Å². The molecular formula is C14H10BrFN3O+. The van der Waals surface area contributed by atoms with Crippen LogP contribution in [0.3, 0.4) is 0 Å². The smallest absolute Gasteiger partial charge is 0.248 e. The quantitative estimate of drug-likeness (QED) is 0.676. The van der Waals surface area contributed by atoms with Crippen molar-refractivity contribution in [3.63, 3.8) is 0 Å². The van der Waals surface area contributed by atoms with Crippen LogP contribution in [0.4, 0.5) is 4.39 Å². The molecule has 0 radical (unpaired) electrons. The van der Waals surface area contributed by atoms with E-state index in [1.165, 1.54) is 23.0 Å². The Hall–Kier alpha value is -2.08. The van der Waals surface area contributed by atoms with Crippen LogP contribution in [-0.2, 0) is 6.54 Å². The van der Waals surface area contributed by atoms with Gasteiger partial charge in [0.15, 0.2) is 4.54 Å². The Bertz CT molecular complexity index is 830. The molecule has 0 spiro atoms. The Balaban J connectivity index is 2.04. The van der Waals surface area contributed by atoms with E-state index in [0.29, 0.717) is 12.1 Å². The predicted molar refractivity (Wildman–Crippen MR) is 76.3 cm³/mol. The highest BCUT2D eigenvalue weighted by molar-refractivity contribution is 9.10. The third-order valence-electron chi connectivity index (χ3n) is 2.95. The first-order valence-corrected chi connectivity index (χ1v) is 6.74. The second-order valence-electron chi connectivity index (χ2n) is 4.41. The fourth-order valence-corrected chi connectivity index (χ4v) is 2.31. The Morgan fingerprint density at radius 2 is 2.05 bits per heavy atom. The minimum absolute atomic E-state index is 0.291. The summed E-state index contributed by atoms with van der Waals surface area (Å²) < 4.78 is 16.0. The molecular weight excluding hydrogens is 325 g/mol. The van der Waals surface area contributed by atoms with Gasteiger partial charge in [-0.05, 0) is 39.7 Å². The molecule has 0 bridgehead atoms. The molecule has 20 heavy (non-hydrogen) atoms. The van der Waals surface area contributed by atoms with Gasteiger partial charge in [0.2, 0.25) is 0 Å². The molecule has 0 aliphatic rings. The highest BCUT2D eigenvalue weighted by atomic mass is 79.9. The second-order valence-corrected chi connectivity index (χ2v) is 5.33. The lowest BCUT2D eigenvalue weighted by Gasteiger charge is -2.01. The van der Waals surface area contributed by atoms with E-state index in [0.717, 1.165) is 20.0 Å². The number of rotatable bonds is 2. The number of halogens is 2. The SMILES string of the molecule is O=[n+]1cc2ncc(Br)cc2cn1Cc1ccc(F)cc1. The van der Waals surface area contributed by atoms with Crippen LogP contribution < -0.4 is 4.54 Å². The number of fused-ring (bicyclic) bond motifs is 1. The highest BCUT2D eigenvalue weighted by Gasteiger charge is 2.09. The lowest BCUT2D eigenvalue weighted by molar-refractivity contribution is -0.596. The summed E-state index contributed by atoms with van der Waals surface area (Å²) in [4.78, 5) is 16.1. The molecule has 100 valence electrons. The third-order valence-corrected chi connectivity index (χ3v) is 3.38. The molecule has 0 unspecified atom stereocenters. The summed E-state index contributed by atoms with van der Waals surface area (Å²) >= 11 is 3.35. The van der Waals surface area contributed by atoms with Crippen LogP contribution >= 0.6 is 15.9 Å². The van der Waals surface area contributed by atoms with Crippen LogP contribution in [-0.4, -0.2) is 9.67 Å². The van der Waals surface area contributed by atoms with Crippen molar-refractivity contribution in [2.24, 2.45) is 0 Å². The van der Waals surface area contributed by atoms with Gasteiger partial charge in [0.25, 0.3) is 6.20 Å². The first-order valence-electron chi connectivity index (χ1n) is 5.94. The van der Waals surface area contributed by atoms with Crippen LogP contribution in [0, 0.1) is 10.7 Å². The Morgan fingerprint density at radius 3 is 2.80 bits per heavy atom. The predicted octanol–water partition coefficient (Wildman–Crippen LogP) is 2.90. The fraction of sp³-hybridized carbons (Fsp3) is 0.0714. The van der Waals surface area contributed by atoms with Crippen molar-refractivity contribution in [1.82, 2.24) is 9.67 Å². The van der Waals surface area contributed by atoms with Gasteiger partial charge in [-0.2, -0.15) is 0 Å². The van der Waals surface area contributed by atoms with Gasteiger partial charge < -0.3 is 0 Å². The summed E-state index contributed by atoms with van der Waals surface area (Å²) in [5.74, 6) is -0.291. The zero-order valence-electron chi connectivity index (χ0n) is 10.3. The van der Waals surface area contributed by atoms with E-state index in [2.05, 4.69) is 20.9 Å². The zero-order chi connectivity index (χ0) is 14.1. The molecule has 0 saturated heterocycles. The average Bonchev–Trinajstić information content (AvgIpc) is 2.42. The van der Waals surface area contributed by atoms with E-state index >= 15 is 0 Å². The summed E-state index contributed by atoms with van der Waals surface area (Å²) in [5, 5.41) is 0.855. The summed E-state index contributed by atoms with van der Waals surface area (Å²) in [7, 11) is 0. The minimum Gasteiger partial charge on any atom is -0.248 e. The maximum Gasteiger partial charge on any atom is 0.283 e. The normalized spacial score (nSPS) is 10.9. The van der Waals surface area contributed by atoms with Crippen molar-refractivity contribution in [3.8, 4) is 0 Å². The summed E-state index contributed by atoms with van der Waals surface area (Å²) in [5.41, 5.74) is 1.47. The van der Waals surface area contributed by atoms with E-state index in [1.54, 1.807) is 24.5 Å². The van der Waals surface area contributed by atoms with Gasteiger partial charge in [0.05, 0.1) is 11.1 Å². The summed E-state index contributed by atoms with van der Waals surface area (Å²) in [6, 6.07) is 7.97. The van der Waals surface area contributed by atoms with E-state index in [-0.39, 0.29) is 5.82 Å². The molecule has 0 amide bonds. The third kappa shape index (κ3) is 2.60. The summed E-state index contributed by atoms with van der Waals surface area (Å²) in [6.07, 6.45) is 4.79. The molecule has 2 aromatic heterocycles. The van der Waals surface area contributed by atoms with Gasteiger partial charge in [-0.1, -0.05) is 12.1 Å². The molecule has 4 nitrogen and oxygen atoms in total. The fourth-order valence-electron chi connectivity index (χ4n) is 1.97. The van der Waals surface area contributed by atoms with Crippen molar-refractivity contribution in [2.75, 3.05) is 0 Å². The lowest BCUT2D eigenvalue weighted by Crippen LogP contribution is -2.30. The van der Waals surface area contributed by atoms with E-state index < -0.39 is 0 Å². The van der Waals surface area contributed by atoms with Gasteiger partial charge in [-0.15, -0.1) is 4.68 Å². The maximum atomic E-state index is 12.9. The van der Waals surface area contributed by atoms with Crippen molar-refractivity contribution in [1.29, 1.82) is 0 Å². The zero-order valence-corrected chi connectivity index (χ0v) is 11.9. The number of hydrogen-bond donors (Lipinski definition) is 0. The topological polar surface area (TPSA) is 40.8 Å². The Morgan fingerprint density at radius 1 is 1.30 bits per heavy atom. The van der Waals surface area contributed by atoms with Crippen LogP contribution in [0.2, 0.25) is 0 Å². The van der Waals surface area contributed by atoms with Crippen molar-refractivity contribution >= 4 is 26.8 Å². The van der Waals surface area contributed by atoms with Crippen molar-refractivity contribution in [3.05, 3.63) is 69.7 Å². The first kappa shape index (κ1) is 12.9. The number of pyridine rings is 1. The number of nitrogens with zero attached hydrogens (tertiary/aromatic N) is 3. The van der Waals surface area contributed by atoms with E-state index in [4.69, 9.17) is 0 Å². The van der Waals surface area contributed by atoms with Crippen molar-refractivity contribution < 1.29 is 8.93 Å². The molecule has 0 saturated carbocycles. The molecule has 0 N–H and O–H groups in total. The monoisotopic (exact) mass is 334 g/mol. The standard InChI is InChI=1S/C14H10BrFN3O/c15-12-5-11-8-18(19(20)9-14(11)17-6-12)7-10-1-3-13(16)4-2-10/h1-6,8-9H,7H2/q+1. The molecule has 6 heteroatoms. The molecule has 3 aromatic rings. The Kier molecular flexibility index (Phi) is 3.31.